The smallest absolute Gasteiger partial charge is 0.324 e. The van der Waals surface area contributed by atoms with Crippen LogP contribution >= 0.6 is 0 Å². The summed E-state index contributed by atoms with van der Waals surface area (Å²) in [6.07, 6.45) is -4.48. The molecule has 0 aromatic heterocycles. The Morgan fingerprint density at radius 3 is 2.53 bits per heavy atom. The van der Waals surface area contributed by atoms with Crippen molar-refractivity contribution in [2.75, 3.05) is 25.0 Å². The molecule has 2 amide bonds. The van der Waals surface area contributed by atoms with E-state index in [1.54, 1.807) is 30.3 Å². The molecule has 1 fully saturated rings. The first kappa shape index (κ1) is 23.6. The van der Waals surface area contributed by atoms with Crippen molar-refractivity contribution in [2.45, 2.75) is 18.8 Å². The summed E-state index contributed by atoms with van der Waals surface area (Å²) < 4.78 is 39.5. The van der Waals surface area contributed by atoms with Gasteiger partial charge in [-0.1, -0.05) is 30.3 Å². The average Bonchev–Trinajstić information content (AvgIpc) is 2.97. The van der Waals surface area contributed by atoms with E-state index in [0.29, 0.717) is 48.6 Å². The van der Waals surface area contributed by atoms with Crippen molar-refractivity contribution in [1.82, 2.24) is 9.80 Å². The lowest BCUT2D eigenvalue weighted by molar-refractivity contribution is -0.137. The fraction of sp³-hybridized carbons (Fsp3) is 0.222. The van der Waals surface area contributed by atoms with Crippen molar-refractivity contribution < 1.29 is 22.8 Å². The van der Waals surface area contributed by atoms with E-state index in [-0.39, 0.29) is 17.4 Å². The van der Waals surface area contributed by atoms with Crippen LogP contribution in [0.25, 0.3) is 11.1 Å². The number of nitriles is 1. The molecule has 0 radical (unpaired) electrons. The van der Waals surface area contributed by atoms with Crippen LogP contribution in [0.1, 0.15) is 27.0 Å². The molecule has 2 aliphatic heterocycles. The van der Waals surface area contributed by atoms with E-state index in [1.807, 2.05) is 12.1 Å². The molecule has 3 aromatic carbocycles. The number of piperazine rings is 1. The van der Waals surface area contributed by atoms with Crippen molar-refractivity contribution in [3.05, 3.63) is 89.0 Å². The SMILES string of the molecule is N#Cc1cccc(CN2CCN3C(=O)c4cc(-c5cccc(C(F)(F)F)c5)ccc4NC(=O)C3C2)c1. The van der Waals surface area contributed by atoms with Crippen LogP contribution in [0, 0.1) is 11.3 Å². The highest BCUT2D eigenvalue weighted by Crippen LogP contribution is 2.34. The quantitative estimate of drug-likeness (QED) is 0.586. The highest BCUT2D eigenvalue weighted by atomic mass is 19.4. The molecule has 5 rings (SSSR count). The van der Waals surface area contributed by atoms with E-state index in [4.69, 9.17) is 5.26 Å². The Kier molecular flexibility index (Phi) is 5.98. The summed E-state index contributed by atoms with van der Waals surface area (Å²) in [5.74, 6) is -0.655. The van der Waals surface area contributed by atoms with Crippen molar-refractivity contribution in [2.24, 2.45) is 0 Å². The topological polar surface area (TPSA) is 76.4 Å². The summed E-state index contributed by atoms with van der Waals surface area (Å²) in [6, 6.07) is 18.3. The number of nitrogens with zero attached hydrogens (tertiary/aromatic N) is 3. The molecule has 0 bridgehead atoms. The van der Waals surface area contributed by atoms with Crippen LogP contribution in [0.5, 0.6) is 0 Å². The Bertz CT molecular complexity index is 1400. The summed E-state index contributed by atoms with van der Waals surface area (Å²) >= 11 is 0. The number of amides is 2. The Balaban J connectivity index is 1.40. The predicted molar refractivity (Wildman–Crippen MR) is 127 cm³/mol. The zero-order valence-electron chi connectivity index (χ0n) is 19.0. The number of rotatable bonds is 3. The minimum absolute atomic E-state index is 0.246. The number of anilines is 1. The molecule has 0 aliphatic carbocycles. The number of fused-ring (bicyclic) bond motifs is 2. The van der Waals surface area contributed by atoms with Crippen LogP contribution in [0.15, 0.2) is 66.7 Å². The standard InChI is InChI=1S/C27H21F3N4O2/c28-27(29,30)21-6-2-5-19(12-21)20-7-8-23-22(13-20)26(36)34-10-9-33(16-24(34)25(35)32-23)15-18-4-1-3-17(11-18)14-31/h1-8,11-13,24H,9-10,15-16H2,(H,32,35). The zero-order chi connectivity index (χ0) is 25.4. The molecule has 1 N–H and O–H groups in total. The van der Waals surface area contributed by atoms with Crippen molar-refractivity contribution >= 4 is 17.5 Å². The Hall–Kier alpha value is -4.16. The number of carbonyl (C=O) groups excluding carboxylic acids is 2. The van der Waals surface area contributed by atoms with E-state index in [9.17, 15) is 22.8 Å². The van der Waals surface area contributed by atoms with Gasteiger partial charge in [-0.25, -0.2) is 0 Å². The van der Waals surface area contributed by atoms with E-state index >= 15 is 0 Å². The molecule has 1 atom stereocenters. The van der Waals surface area contributed by atoms with Gasteiger partial charge in [0, 0.05) is 26.2 Å². The molecule has 1 unspecified atom stereocenters. The summed E-state index contributed by atoms with van der Waals surface area (Å²) in [5.41, 5.74) is 2.09. The van der Waals surface area contributed by atoms with Crippen molar-refractivity contribution in [1.29, 1.82) is 5.26 Å². The lowest BCUT2D eigenvalue weighted by Gasteiger charge is -2.39. The van der Waals surface area contributed by atoms with Crippen LogP contribution in [0.4, 0.5) is 18.9 Å². The number of halogens is 3. The van der Waals surface area contributed by atoms with Crippen molar-refractivity contribution in [3.8, 4) is 17.2 Å². The normalized spacial score (nSPS) is 18.1. The predicted octanol–water partition coefficient (Wildman–Crippen LogP) is 4.52. The molecule has 9 heteroatoms. The molecule has 0 spiro atoms. The second-order valence-electron chi connectivity index (χ2n) is 8.89. The van der Waals surface area contributed by atoms with Gasteiger partial charge in [0.15, 0.2) is 0 Å². The number of hydrogen-bond donors (Lipinski definition) is 1. The van der Waals surface area contributed by atoms with Gasteiger partial charge in [-0.3, -0.25) is 14.5 Å². The van der Waals surface area contributed by atoms with Gasteiger partial charge in [0.25, 0.3) is 5.91 Å². The van der Waals surface area contributed by atoms with Crippen LogP contribution < -0.4 is 5.32 Å². The molecule has 36 heavy (non-hydrogen) atoms. The van der Waals surface area contributed by atoms with Gasteiger partial charge in [-0.15, -0.1) is 0 Å². The second kappa shape index (κ2) is 9.13. The largest absolute Gasteiger partial charge is 0.416 e. The van der Waals surface area contributed by atoms with Crippen LogP contribution in [-0.2, 0) is 17.5 Å². The van der Waals surface area contributed by atoms with Gasteiger partial charge >= 0.3 is 6.18 Å². The third kappa shape index (κ3) is 4.55. The summed E-state index contributed by atoms with van der Waals surface area (Å²) in [5, 5.41) is 12.0. The number of benzene rings is 3. The minimum atomic E-state index is -4.48. The van der Waals surface area contributed by atoms with Gasteiger partial charge in [-0.2, -0.15) is 18.4 Å². The monoisotopic (exact) mass is 490 g/mol. The Morgan fingerprint density at radius 1 is 0.972 bits per heavy atom. The lowest BCUT2D eigenvalue weighted by atomic mass is 9.99. The van der Waals surface area contributed by atoms with E-state index in [0.717, 1.165) is 17.7 Å². The van der Waals surface area contributed by atoms with Crippen LogP contribution in [-0.4, -0.2) is 47.3 Å². The first-order chi connectivity index (χ1) is 17.2. The van der Waals surface area contributed by atoms with Crippen molar-refractivity contribution in [3.63, 3.8) is 0 Å². The number of nitrogens with one attached hydrogen (secondary N) is 1. The molecule has 0 saturated carbocycles. The highest BCUT2D eigenvalue weighted by molar-refractivity contribution is 6.10. The molecule has 2 aliphatic rings. The van der Waals surface area contributed by atoms with Gasteiger partial charge in [-0.05, 0) is 53.1 Å². The van der Waals surface area contributed by atoms with Crippen LogP contribution in [0.3, 0.4) is 0 Å². The van der Waals surface area contributed by atoms with Crippen LogP contribution in [0.2, 0.25) is 0 Å². The number of hydrogen-bond acceptors (Lipinski definition) is 4. The maximum Gasteiger partial charge on any atom is 0.416 e. The molecule has 182 valence electrons. The summed E-state index contributed by atoms with van der Waals surface area (Å²) in [4.78, 5) is 30.1. The molecule has 1 saturated heterocycles. The Labute approximate surface area is 205 Å². The fourth-order valence-corrected chi connectivity index (χ4v) is 4.70. The second-order valence-corrected chi connectivity index (χ2v) is 8.89. The molecule has 2 heterocycles. The van der Waals surface area contributed by atoms with E-state index < -0.39 is 17.8 Å². The number of carbonyl (C=O) groups is 2. The van der Waals surface area contributed by atoms with Gasteiger partial charge in [0.2, 0.25) is 5.91 Å². The van der Waals surface area contributed by atoms with Gasteiger partial charge in [0.1, 0.15) is 6.04 Å². The molecule has 3 aromatic rings. The van der Waals surface area contributed by atoms with E-state index in [1.165, 1.54) is 17.0 Å². The first-order valence-corrected chi connectivity index (χ1v) is 11.4. The third-order valence-corrected chi connectivity index (χ3v) is 6.52. The average molecular weight is 490 g/mol. The summed E-state index contributed by atoms with van der Waals surface area (Å²) in [7, 11) is 0. The maximum absolute atomic E-state index is 13.5. The molecule has 6 nitrogen and oxygen atoms in total. The molecular formula is C27H21F3N4O2. The first-order valence-electron chi connectivity index (χ1n) is 11.4. The highest BCUT2D eigenvalue weighted by Gasteiger charge is 2.39. The minimum Gasteiger partial charge on any atom is -0.324 e. The van der Waals surface area contributed by atoms with Gasteiger partial charge in [0.05, 0.1) is 28.4 Å². The number of alkyl halides is 3. The fourth-order valence-electron chi connectivity index (χ4n) is 4.70. The third-order valence-electron chi connectivity index (χ3n) is 6.52. The zero-order valence-corrected chi connectivity index (χ0v) is 19.0. The van der Waals surface area contributed by atoms with E-state index in [2.05, 4.69) is 16.3 Å². The summed E-state index contributed by atoms with van der Waals surface area (Å²) in [6.45, 7) is 1.72. The Morgan fingerprint density at radius 2 is 1.75 bits per heavy atom. The van der Waals surface area contributed by atoms with Gasteiger partial charge < -0.3 is 10.2 Å². The lowest BCUT2D eigenvalue weighted by Crippen LogP contribution is -2.58. The molecular weight excluding hydrogens is 469 g/mol. The maximum atomic E-state index is 13.5.